The predicted molar refractivity (Wildman–Crippen MR) is 69.1 cm³/mol. The lowest BCUT2D eigenvalue weighted by molar-refractivity contribution is -0.121. The molecular weight excluding hydrogens is 266 g/mol. The highest BCUT2D eigenvalue weighted by atomic mass is 16.3. The minimum atomic E-state index is -0.713. The van der Waals surface area contributed by atoms with Gasteiger partial charge < -0.3 is 15.1 Å². The SMILES string of the molecule is C[C@H](Nc1n[nH]c(=O)[nH]c1=O)C(=O)NCc1ccco1. The van der Waals surface area contributed by atoms with Crippen LogP contribution in [0.5, 0.6) is 0 Å². The zero-order chi connectivity index (χ0) is 14.5. The fourth-order valence-electron chi connectivity index (χ4n) is 1.46. The first-order chi connectivity index (χ1) is 9.56. The van der Waals surface area contributed by atoms with Crippen LogP contribution in [0.25, 0.3) is 0 Å². The number of H-pyrrole nitrogens is 2. The molecule has 106 valence electrons. The number of hydrogen-bond acceptors (Lipinski definition) is 6. The van der Waals surface area contributed by atoms with E-state index in [-0.39, 0.29) is 18.3 Å². The highest BCUT2D eigenvalue weighted by Gasteiger charge is 2.15. The Labute approximate surface area is 112 Å². The van der Waals surface area contributed by atoms with Crippen molar-refractivity contribution in [1.82, 2.24) is 20.5 Å². The fraction of sp³-hybridized carbons (Fsp3) is 0.273. The molecule has 0 unspecified atom stereocenters. The van der Waals surface area contributed by atoms with Crippen molar-refractivity contribution in [1.29, 1.82) is 0 Å². The summed E-state index contributed by atoms with van der Waals surface area (Å²) in [5.74, 6) is 0.143. The van der Waals surface area contributed by atoms with E-state index >= 15 is 0 Å². The smallest absolute Gasteiger partial charge is 0.342 e. The maximum Gasteiger partial charge on any atom is 0.342 e. The van der Waals surface area contributed by atoms with Gasteiger partial charge in [0, 0.05) is 0 Å². The minimum absolute atomic E-state index is 0.134. The van der Waals surface area contributed by atoms with E-state index in [2.05, 4.69) is 20.8 Å². The molecular formula is C11H13N5O4. The third-order valence-electron chi connectivity index (χ3n) is 2.47. The molecule has 2 rings (SSSR count). The largest absolute Gasteiger partial charge is 0.467 e. The molecule has 0 aromatic carbocycles. The summed E-state index contributed by atoms with van der Waals surface area (Å²) < 4.78 is 5.07. The standard InChI is InChI=1S/C11H13N5O4/c1-6(9(17)12-5-7-3-2-4-20-7)13-8-10(18)14-11(19)16-15-8/h2-4,6H,5H2,1H3,(H,12,17)(H,13,15)(H2,14,16,18,19)/t6-/m0/s1. The van der Waals surface area contributed by atoms with Crippen LogP contribution in [-0.4, -0.2) is 27.1 Å². The molecule has 9 nitrogen and oxygen atoms in total. The average Bonchev–Trinajstić information content (AvgIpc) is 2.92. The van der Waals surface area contributed by atoms with Crippen LogP contribution >= 0.6 is 0 Å². The molecule has 20 heavy (non-hydrogen) atoms. The van der Waals surface area contributed by atoms with E-state index in [0.29, 0.717) is 5.76 Å². The quantitative estimate of drug-likeness (QED) is 0.564. The maximum absolute atomic E-state index is 11.8. The number of hydrogen-bond donors (Lipinski definition) is 4. The Kier molecular flexibility index (Phi) is 3.99. The number of anilines is 1. The number of rotatable bonds is 5. The van der Waals surface area contributed by atoms with Gasteiger partial charge in [-0.25, -0.2) is 9.89 Å². The first-order valence-corrected chi connectivity index (χ1v) is 5.82. The van der Waals surface area contributed by atoms with Crippen molar-refractivity contribution in [3.05, 3.63) is 45.0 Å². The Morgan fingerprint density at radius 3 is 2.95 bits per heavy atom. The molecule has 0 saturated heterocycles. The van der Waals surface area contributed by atoms with Gasteiger partial charge in [-0.3, -0.25) is 14.6 Å². The number of aromatic nitrogens is 3. The van der Waals surface area contributed by atoms with Crippen molar-refractivity contribution >= 4 is 11.7 Å². The normalized spacial score (nSPS) is 11.8. The number of carbonyl (C=O) groups is 1. The van der Waals surface area contributed by atoms with Crippen LogP contribution in [0.1, 0.15) is 12.7 Å². The van der Waals surface area contributed by atoms with E-state index in [1.165, 1.54) is 6.26 Å². The number of nitrogens with zero attached hydrogens (tertiary/aromatic N) is 1. The Hall–Kier alpha value is -2.84. The third-order valence-corrected chi connectivity index (χ3v) is 2.47. The summed E-state index contributed by atoms with van der Waals surface area (Å²) in [5.41, 5.74) is -1.41. The number of furan rings is 1. The molecule has 4 N–H and O–H groups in total. The number of aromatic amines is 2. The van der Waals surface area contributed by atoms with E-state index < -0.39 is 17.3 Å². The first-order valence-electron chi connectivity index (χ1n) is 5.82. The Bertz CT molecular complexity index is 687. The summed E-state index contributed by atoms with van der Waals surface area (Å²) in [6.45, 7) is 1.80. The molecule has 9 heteroatoms. The minimum Gasteiger partial charge on any atom is -0.467 e. The van der Waals surface area contributed by atoms with Gasteiger partial charge in [-0.05, 0) is 19.1 Å². The van der Waals surface area contributed by atoms with Crippen molar-refractivity contribution in [2.45, 2.75) is 19.5 Å². The zero-order valence-electron chi connectivity index (χ0n) is 10.6. The van der Waals surface area contributed by atoms with Crippen molar-refractivity contribution in [2.24, 2.45) is 0 Å². The van der Waals surface area contributed by atoms with E-state index in [1.807, 2.05) is 4.98 Å². The summed E-state index contributed by atoms with van der Waals surface area (Å²) in [5, 5.41) is 10.8. The molecule has 0 spiro atoms. The van der Waals surface area contributed by atoms with E-state index in [0.717, 1.165) is 0 Å². The van der Waals surface area contributed by atoms with Gasteiger partial charge >= 0.3 is 5.69 Å². The topological polar surface area (TPSA) is 133 Å². The summed E-state index contributed by atoms with van der Waals surface area (Å²) in [4.78, 5) is 36.0. The zero-order valence-corrected chi connectivity index (χ0v) is 10.6. The second-order valence-corrected chi connectivity index (χ2v) is 4.02. The lowest BCUT2D eigenvalue weighted by Gasteiger charge is -2.12. The van der Waals surface area contributed by atoms with Crippen LogP contribution in [0.15, 0.2) is 32.4 Å². The van der Waals surface area contributed by atoms with Gasteiger partial charge in [-0.2, -0.15) is 0 Å². The Balaban J connectivity index is 1.93. The molecule has 2 aromatic heterocycles. The van der Waals surface area contributed by atoms with Gasteiger partial charge in [-0.15, -0.1) is 5.10 Å². The van der Waals surface area contributed by atoms with Gasteiger partial charge in [0.1, 0.15) is 11.8 Å². The van der Waals surface area contributed by atoms with Crippen LogP contribution in [0, 0.1) is 0 Å². The summed E-state index contributed by atoms with van der Waals surface area (Å²) in [6, 6.07) is 2.74. The molecule has 0 fully saturated rings. The number of carbonyl (C=O) groups excluding carboxylic acids is 1. The summed E-state index contributed by atoms with van der Waals surface area (Å²) >= 11 is 0. The number of amides is 1. The number of nitrogens with one attached hydrogen (secondary N) is 4. The van der Waals surface area contributed by atoms with Crippen LogP contribution in [0.3, 0.4) is 0 Å². The molecule has 2 aromatic rings. The van der Waals surface area contributed by atoms with Crippen molar-refractivity contribution in [2.75, 3.05) is 5.32 Å². The molecule has 2 heterocycles. The molecule has 1 atom stereocenters. The van der Waals surface area contributed by atoms with Gasteiger partial charge in [0.05, 0.1) is 12.8 Å². The summed E-state index contributed by atoms with van der Waals surface area (Å²) in [6.07, 6.45) is 1.51. The van der Waals surface area contributed by atoms with Crippen molar-refractivity contribution < 1.29 is 9.21 Å². The van der Waals surface area contributed by atoms with Crippen LogP contribution < -0.4 is 21.9 Å². The van der Waals surface area contributed by atoms with Gasteiger partial charge in [0.25, 0.3) is 5.56 Å². The molecule has 0 radical (unpaired) electrons. The second kappa shape index (κ2) is 5.87. The van der Waals surface area contributed by atoms with Gasteiger partial charge in [0.15, 0.2) is 0 Å². The monoisotopic (exact) mass is 279 g/mol. The highest BCUT2D eigenvalue weighted by Crippen LogP contribution is 1.99. The average molecular weight is 279 g/mol. The molecule has 0 aliphatic rings. The van der Waals surface area contributed by atoms with Gasteiger partial charge in [0.2, 0.25) is 11.7 Å². The second-order valence-electron chi connectivity index (χ2n) is 4.02. The van der Waals surface area contributed by atoms with Crippen LogP contribution in [0.2, 0.25) is 0 Å². The fourth-order valence-corrected chi connectivity index (χ4v) is 1.46. The van der Waals surface area contributed by atoms with E-state index in [4.69, 9.17) is 4.42 Å². The molecule has 0 saturated carbocycles. The molecule has 0 aliphatic heterocycles. The first kappa shape index (κ1) is 13.6. The third kappa shape index (κ3) is 3.34. The molecule has 0 aliphatic carbocycles. The lowest BCUT2D eigenvalue weighted by atomic mass is 10.3. The summed E-state index contributed by atoms with van der Waals surface area (Å²) in [7, 11) is 0. The van der Waals surface area contributed by atoms with Crippen LogP contribution in [-0.2, 0) is 11.3 Å². The highest BCUT2D eigenvalue weighted by molar-refractivity contribution is 5.83. The Morgan fingerprint density at radius 2 is 2.30 bits per heavy atom. The lowest BCUT2D eigenvalue weighted by Crippen LogP contribution is -2.39. The van der Waals surface area contributed by atoms with Crippen molar-refractivity contribution in [3.63, 3.8) is 0 Å². The molecule has 0 bridgehead atoms. The van der Waals surface area contributed by atoms with Gasteiger partial charge in [-0.1, -0.05) is 0 Å². The van der Waals surface area contributed by atoms with E-state index in [9.17, 15) is 14.4 Å². The Morgan fingerprint density at radius 1 is 1.50 bits per heavy atom. The van der Waals surface area contributed by atoms with E-state index in [1.54, 1.807) is 19.1 Å². The molecule has 1 amide bonds. The maximum atomic E-state index is 11.8. The van der Waals surface area contributed by atoms with Crippen LogP contribution in [0.4, 0.5) is 5.82 Å². The predicted octanol–water partition coefficient (Wildman–Crippen LogP) is -0.832. The van der Waals surface area contributed by atoms with Crippen molar-refractivity contribution in [3.8, 4) is 0 Å².